The summed E-state index contributed by atoms with van der Waals surface area (Å²) in [7, 11) is 0. The Bertz CT molecular complexity index is 4640. The molecule has 6 aromatic heterocycles. The SMILES string of the molecule is C=[n+]1c(=C2[N-]C(C(=O)O)CS2)ccc2c[c-]ccc21.C=[n+]1c(=C2[N-]C(C(=O)O)CS2)sc2c[c-]ccc21.O=C(O)C1CSC(c2ccc3c[c-]ccc3n2)=N1.O=C(O)C1CSC(c2nc3cc[c-]cc3s2)=N1.O=C(O)C1CSC(c2nc3cc[c-]nc3s2)=N1.[Y].[Y].[Y].[Y].[Y]. The smallest absolute Gasteiger partial charge is 0.329 e. The average Bonchev–Trinajstić information content (AvgIpc) is 1.26. The number of carboxylic acid groups (broad SMARTS) is 5. The zero-order valence-electron chi connectivity index (χ0n) is 48.6. The molecule has 2 fully saturated rings. The first-order chi connectivity index (χ1) is 43.0. The van der Waals surface area contributed by atoms with Crippen molar-refractivity contribution in [3.63, 3.8) is 0 Å². The van der Waals surface area contributed by atoms with Crippen molar-refractivity contribution in [2.45, 2.75) is 30.2 Å². The fraction of sp³-hybridized carbons (Fsp3) is 0.167. The Morgan fingerprint density at radius 2 is 0.968 bits per heavy atom. The molecule has 0 amide bonds. The molecule has 15 rings (SSSR count). The zero-order valence-corrected chi connectivity index (χ0v) is 69.3. The normalized spacial score (nSPS) is 19.2. The van der Waals surface area contributed by atoms with E-state index in [9.17, 15) is 24.0 Å². The number of aliphatic carboxylic acids is 5. The van der Waals surface area contributed by atoms with Gasteiger partial charge in [0.1, 0.15) is 49.6 Å². The average molecular weight is 1780 g/mol. The standard InChI is InChI=1S/C14H11N2O2S.C13H9N2O2S.C12H9N2O2S2.C11H7N2O2S2.C10H6N3O2S2.5Y/c1-16-11-5-3-2-4-9(11)6-7-12(16)13-15-10(8-19-13)14(17)18;16-13(17)11-7-18-12(15-11)10-6-5-8-3-1-2-4-9(8)14-10;1-14-8-4-2-3-5-9(8)18-11(14)10-13-7(6-17-10)12(15)16;14-11(15)7-5-16-9(13-7)10-12-6-3-1-2-4-8(6)17-10;14-10(15)6-4-16-8(13-6)9-12-5-2-1-3-11-7(5)17-9;;;;;/h3-7,10H,1,8H2,(H,17,18);2-6,11H,7H2,(H,16,17);2,4-5,7H,1,6H2,(H,15,16);1,3-4,7H,5H2,(H,14,15);1-2,6H,4H2,(H,14,15);;;;;/q5*-1;;;;;. The van der Waals surface area contributed by atoms with E-state index in [4.69, 9.17) is 25.5 Å². The minimum absolute atomic E-state index is 0. The van der Waals surface area contributed by atoms with E-state index in [1.54, 1.807) is 21.6 Å². The van der Waals surface area contributed by atoms with E-state index in [-0.39, 0.29) is 164 Å². The number of carboxylic acids is 5. The predicted octanol–water partition coefficient (Wildman–Crippen LogP) is 7.92. The van der Waals surface area contributed by atoms with Gasteiger partial charge in [0, 0.05) is 186 Å². The Morgan fingerprint density at radius 3 is 1.54 bits per heavy atom. The molecule has 5 atom stereocenters. The van der Waals surface area contributed by atoms with Gasteiger partial charge in [0.15, 0.2) is 23.5 Å². The Balaban J connectivity index is 0.000000184. The first-order valence-corrected chi connectivity index (χ1v) is 33.6. The zero-order chi connectivity index (χ0) is 62.3. The van der Waals surface area contributed by atoms with Gasteiger partial charge in [-0.1, -0.05) is 34.5 Å². The van der Waals surface area contributed by atoms with E-state index in [0.29, 0.717) is 38.9 Å². The summed E-state index contributed by atoms with van der Waals surface area (Å²) < 4.78 is 6.62. The number of benzene rings is 4. The third-order valence-corrected chi connectivity index (χ3v) is 21.8. The number of hydrogen-bond acceptors (Lipinski definition) is 20. The Morgan fingerprint density at radius 1 is 0.468 bits per heavy atom. The molecular formula is C60H42N11O10S8Y5-5. The number of thioether (sulfide) groups is 5. The molecule has 10 aromatic rings. The molecule has 94 heavy (non-hydrogen) atoms. The van der Waals surface area contributed by atoms with Gasteiger partial charge in [0.05, 0.1) is 5.69 Å². The number of nitrogens with zero attached hydrogens (tertiary/aromatic N) is 11. The van der Waals surface area contributed by atoms with Crippen molar-refractivity contribution >= 4 is 200 Å². The third-order valence-electron chi connectivity index (χ3n) is 13.0. The van der Waals surface area contributed by atoms with E-state index in [1.165, 1.54) is 81.5 Å². The Kier molecular flexibility index (Phi) is 32.1. The third kappa shape index (κ3) is 19.8. The maximum atomic E-state index is 10.9. The van der Waals surface area contributed by atoms with E-state index in [1.807, 2.05) is 107 Å². The van der Waals surface area contributed by atoms with Gasteiger partial charge in [-0.2, -0.15) is 110 Å². The maximum Gasteiger partial charge on any atom is 0.329 e. The van der Waals surface area contributed by atoms with Crippen molar-refractivity contribution in [2.24, 2.45) is 15.0 Å². The minimum atomic E-state index is -0.889. The molecule has 5 unspecified atom stereocenters. The van der Waals surface area contributed by atoms with Crippen molar-refractivity contribution in [3.05, 3.63) is 189 Å². The van der Waals surface area contributed by atoms with Crippen molar-refractivity contribution < 1.29 is 222 Å². The number of aliphatic imine (C=N–C) groups is 3. The van der Waals surface area contributed by atoms with Crippen LogP contribution in [0.4, 0.5) is 0 Å². The molecule has 0 spiro atoms. The van der Waals surface area contributed by atoms with Crippen LogP contribution in [0.5, 0.6) is 0 Å². The molecule has 34 heteroatoms. The summed E-state index contributed by atoms with van der Waals surface area (Å²) in [5.74, 6) is -1.98. The second-order valence-electron chi connectivity index (χ2n) is 18.9. The summed E-state index contributed by atoms with van der Waals surface area (Å²) >= 11 is 11.7. The number of pyridine rings is 3. The molecule has 5 aliphatic heterocycles. The second kappa shape index (κ2) is 37.6. The Hall–Kier alpha value is -2.77. The van der Waals surface area contributed by atoms with Gasteiger partial charge >= 0.3 is 17.9 Å². The van der Waals surface area contributed by atoms with Crippen LogP contribution in [0.3, 0.4) is 0 Å². The van der Waals surface area contributed by atoms with Crippen LogP contribution in [0.2, 0.25) is 0 Å². The number of aromatic nitrogens is 6. The number of carbonyl (C=O) groups is 5. The molecule has 0 saturated carbocycles. The van der Waals surface area contributed by atoms with Gasteiger partial charge in [-0.3, -0.25) is 39.5 Å². The van der Waals surface area contributed by atoms with E-state index in [0.717, 1.165) is 93.4 Å². The van der Waals surface area contributed by atoms with Crippen molar-refractivity contribution in [3.8, 4) is 0 Å². The summed E-state index contributed by atoms with van der Waals surface area (Å²) in [5, 5.41) is 61.1. The fourth-order valence-corrected chi connectivity index (χ4v) is 16.8. The van der Waals surface area contributed by atoms with Crippen LogP contribution in [0, 0.1) is 43.9 Å². The summed E-state index contributed by atoms with van der Waals surface area (Å²) in [6.07, 6.45) is 2.75. The number of hydrogen-bond donors (Lipinski definition) is 5. The van der Waals surface area contributed by atoms with Crippen molar-refractivity contribution in [1.82, 2.24) is 19.9 Å². The molecule has 5 aliphatic rings. The number of thiazole rings is 3. The van der Waals surface area contributed by atoms with Gasteiger partial charge in [-0.05, 0) is 67.0 Å². The topological polar surface area (TPSA) is 315 Å². The summed E-state index contributed by atoms with van der Waals surface area (Å²) in [5.41, 5.74) is 5.29. The molecule has 0 aliphatic carbocycles. The molecule has 5 radical (unpaired) electrons. The largest absolute Gasteiger partial charge is 0.661 e. The van der Waals surface area contributed by atoms with Crippen LogP contribution in [0.15, 0.2) is 124 Å². The second-order valence-corrected chi connectivity index (χ2v) is 27.0. The molecule has 11 heterocycles. The Labute approximate surface area is 694 Å². The molecule has 21 nitrogen and oxygen atoms in total. The van der Waals surface area contributed by atoms with Crippen LogP contribution < -0.4 is 18.5 Å². The van der Waals surface area contributed by atoms with Crippen LogP contribution in [-0.2, 0) is 188 Å². The van der Waals surface area contributed by atoms with Crippen LogP contribution >= 0.6 is 92.8 Å². The molecular weight excluding hydrogens is 1740 g/mol. The van der Waals surface area contributed by atoms with Crippen molar-refractivity contribution in [2.75, 3.05) is 28.8 Å². The monoisotopic (exact) mass is 1780 g/mol. The number of rotatable bonds is 8. The number of fused-ring (bicyclic) bond motifs is 5. The summed E-state index contributed by atoms with van der Waals surface area (Å²) in [4.78, 5) is 84.9. The van der Waals surface area contributed by atoms with Gasteiger partial charge in [-0.25, -0.2) is 14.4 Å². The minimum Gasteiger partial charge on any atom is -0.661 e. The molecule has 5 N–H and O–H groups in total. The van der Waals surface area contributed by atoms with E-state index < -0.39 is 60.1 Å². The summed E-state index contributed by atoms with van der Waals surface area (Å²) in [6.45, 7) is 8.02. The first-order valence-electron chi connectivity index (χ1n) is 26.2. The quantitative estimate of drug-likeness (QED) is 0.0712. The molecule has 4 aromatic carbocycles. The van der Waals surface area contributed by atoms with Gasteiger partial charge < -0.3 is 41.2 Å². The van der Waals surface area contributed by atoms with Gasteiger partial charge in [-0.15, -0.1) is 99.8 Å². The molecule has 0 bridgehead atoms. The van der Waals surface area contributed by atoms with Crippen LogP contribution in [0.25, 0.3) is 73.3 Å². The first kappa shape index (κ1) is 80.2. The predicted molar refractivity (Wildman–Crippen MR) is 352 cm³/mol. The van der Waals surface area contributed by atoms with Crippen LogP contribution in [-0.4, -0.2) is 149 Å². The summed E-state index contributed by atoms with van der Waals surface area (Å²) in [6, 6.07) is 42.5. The van der Waals surface area contributed by atoms with Gasteiger partial charge in [0.25, 0.3) is 11.9 Å². The van der Waals surface area contributed by atoms with Gasteiger partial charge in [0.2, 0.25) is 4.66 Å². The molecule has 2 saturated heterocycles. The van der Waals surface area contributed by atoms with E-state index >= 15 is 0 Å². The van der Waals surface area contributed by atoms with E-state index in [2.05, 4.69) is 89.4 Å². The molecule has 465 valence electrons. The van der Waals surface area contributed by atoms with Crippen LogP contribution in [0.1, 0.15) is 15.7 Å². The van der Waals surface area contributed by atoms with Crippen molar-refractivity contribution in [1.29, 1.82) is 0 Å². The fourth-order valence-electron chi connectivity index (χ4n) is 8.51. The maximum absolute atomic E-state index is 10.9.